The van der Waals surface area contributed by atoms with Crippen molar-refractivity contribution in [1.82, 2.24) is 20.7 Å². The van der Waals surface area contributed by atoms with Crippen molar-refractivity contribution in [2.75, 3.05) is 6.54 Å². The van der Waals surface area contributed by atoms with E-state index in [0.29, 0.717) is 23.0 Å². The van der Waals surface area contributed by atoms with Crippen molar-refractivity contribution in [3.8, 4) is 0 Å². The second-order valence-corrected chi connectivity index (χ2v) is 4.44. The predicted molar refractivity (Wildman–Crippen MR) is 68.9 cm³/mol. The van der Waals surface area contributed by atoms with Crippen LogP contribution in [0, 0.1) is 0 Å². The molecular weight excluding hydrogens is 275 g/mol. The average Bonchev–Trinajstić information content (AvgIpc) is 2.85. The molecule has 2 rings (SSSR count). The highest BCUT2D eigenvalue weighted by Gasteiger charge is 2.08. The van der Waals surface area contributed by atoms with Crippen LogP contribution in [-0.4, -0.2) is 27.9 Å². The Morgan fingerprint density at radius 3 is 2.89 bits per heavy atom. The van der Waals surface area contributed by atoms with E-state index >= 15 is 0 Å². The number of halogens is 2. The molecule has 2 aromatic rings. The molecule has 0 aliphatic rings. The summed E-state index contributed by atoms with van der Waals surface area (Å²) in [6.07, 6.45) is 1.99. The molecule has 0 bridgehead atoms. The lowest BCUT2D eigenvalue weighted by molar-refractivity contribution is 0.0949. The first kappa shape index (κ1) is 12.9. The quantitative estimate of drug-likeness (QED) is 0.903. The van der Waals surface area contributed by atoms with Crippen molar-refractivity contribution >= 4 is 29.1 Å². The molecule has 18 heavy (non-hydrogen) atoms. The summed E-state index contributed by atoms with van der Waals surface area (Å²) in [6, 6.07) is 5.28. The molecule has 5 nitrogen and oxygen atoms in total. The van der Waals surface area contributed by atoms with E-state index in [1.165, 1.54) is 6.20 Å². The molecule has 0 aliphatic heterocycles. The fourth-order valence-corrected chi connectivity index (χ4v) is 1.94. The topological polar surface area (TPSA) is 70.7 Å². The summed E-state index contributed by atoms with van der Waals surface area (Å²) >= 11 is 11.8. The van der Waals surface area contributed by atoms with Crippen LogP contribution in [-0.2, 0) is 6.42 Å². The van der Waals surface area contributed by atoms with Gasteiger partial charge in [-0.2, -0.15) is 15.4 Å². The number of aromatic nitrogens is 3. The number of H-pyrrole nitrogens is 1. The normalized spacial score (nSPS) is 10.3. The highest BCUT2D eigenvalue weighted by molar-refractivity contribution is 6.35. The molecule has 2 N–H and O–H groups in total. The van der Waals surface area contributed by atoms with Crippen LogP contribution in [0.5, 0.6) is 0 Å². The maximum Gasteiger partial charge on any atom is 0.273 e. The van der Waals surface area contributed by atoms with Crippen LogP contribution in [0.3, 0.4) is 0 Å². The Labute approximate surface area is 113 Å². The monoisotopic (exact) mass is 284 g/mol. The third-order valence-corrected chi connectivity index (χ3v) is 2.93. The van der Waals surface area contributed by atoms with Gasteiger partial charge >= 0.3 is 0 Å². The lowest BCUT2D eigenvalue weighted by atomic mass is 10.1. The minimum absolute atomic E-state index is 0.261. The number of aromatic amines is 1. The molecule has 94 valence electrons. The lowest BCUT2D eigenvalue weighted by Gasteiger charge is -2.05. The second kappa shape index (κ2) is 5.84. The molecule has 1 aromatic carbocycles. The molecular formula is C11H10Cl2N4O. The molecule has 0 unspecified atom stereocenters. The van der Waals surface area contributed by atoms with E-state index in [9.17, 15) is 4.79 Å². The number of rotatable bonds is 4. The number of carbonyl (C=O) groups is 1. The zero-order valence-electron chi connectivity index (χ0n) is 9.28. The molecule has 1 heterocycles. The summed E-state index contributed by atoms with van der Waals surface area (Å²) in [7, 11) is 0. The van der Waals surface area contributed by atoms with Crippen LogP contribution in [0.4, 0.5) is 0 Å². The first-order valence-electron chi connectivity index (χ1n) is 5.24. The summed E-state index contributed by atoms with van der Waals surface area (Å²) in [4.78, 5) is 11.5. The number of nitrogens with one attached hydrogen (secondary N) is 2. The smallest absolute Gasteiger partial charge is 0.273 e. The van der Waals surface area contributed by atoms with Crippen molar-refractivity contribution in [2.45, 2.75) is 6.42 Å². The molecule has 0 spiro atoms. The van der Waals surface area contributed by atoms with E-state index in [4.69, 9.17) is 23.2 Å². The maximum absolute atomic E-state index is 11.5. The van der Waals surface area contributed by atoms with Gasteiger partial charge in [0.15, 0.2) is 5.69 Å². The summed E-state index contributed by atoms with van der Waals surface area (Å²) in [6.45, 7) is 0.465. The number of benzene rings is 1. The molecule has 1 amide bonds. The van der Waals surface area contributed by atoms with Crippen LogP contribution < -0.4 is 5.32 Å². The zero-order valence-corrected chi connectivity index (χ0v) is 10.8. The van der Waals surface area contributed by atoms with Gasteiger partial charge in [0.05, 0.1) is 6.20 Å². The summed E-state index contributed by atoms with van der Waals surface area (Å²) < 4.78 is 0. The van der Waals surface area contributed by atoms with Gasteiger partial charge in [-0.25, -0.2) is 0 Å². The highest BCUT2D eigenvalue weighted by atomic mass is 35.5. The van der Waals surface area contributed by atoms with Crippen molar-refractivity contribution in [3.05, 3.63) is 45.7 Å². The van der Waals surface area contributed by atoms with Crippen LogP contribution in [0.2, 0.25) is 10.0 Å². The van der Waals surface area contributed by atoms with E-state index < -0.39 is 0 Å². The van der Waals surface area contributed by atoms with E-state index in [0.717, 1.165) is 5.56 Å². The van der Waals surface area contributed by atoms with Crippen LogP contribution in [0.25, 0.3) is 0 Å². The molecule has 0 atom stereocenters. The van der Waals surface area contributed by atoms with Crippen molar-refractivity contribution in [2.24, 2.45) is 0 Å². The molecule has 1 aromatic heterocycles. The van der Waals surface area contributed by atoms with E-state index in [-0.39, 0.29) is 11.6 Å². The van der Waals surface area contributed by atoms with E-state index in [1.54, 1.807) is 12.1 Å². The third kappa shape index (κ3) is 3.21. The van der Waals surface area contributed by atoms with Crippen molar-refractivity contribution in [3.63, 3.8) is 0 Å². The third-order valence-electron chi connectivity index (χ3n) is 2.34. The first-order valence-corrected chi connectivity index (χ1v) is 6.00. The minimum atomic E-state index is -0.270. The standard InChI is InChI=1S/C11H10Cl2N4O/c12-8-2-1-7(9(13)5-8)3-4-14-11(18)10-6-15-17-16-10/h1-2,5-6H,3-4H2,(H,14,18)(H,15,16,17). The van der Waals surface area contributed by atoms with Gasteiger partial charge in [-0.3, -0.25) is 4.79 Å². The first-order chi connectivity index (χ1) is 8.66. The largest absolute Gasteiger partial charge is 0.350 e. The Hall–Kier alpha value is -1.59. The minimum Gasteiger partial charge on any atom is -0.350 e. The van der Waals surface area contributed by atoms with Crippen molar-refractivity contribution < 1.29 is 4.79 Å². The Bertz CT molecular complexity index is 542. The van der Waals surface area contributed by atoms with E-state index in [1.807, 2.05) is 6.07 Å². The van der Waals surface area contributed by atoms with Gasteiger partial charge in [0.2, 0.25) is 0 Å². The van der Waals surface area contributed by atoms with Gasteiger partial charge in [-0.1, -0.05) is 29.3 Å². The maximum atomic E-state index is 11.5. The van der Waals surface area contributed by atoms with Crippen molar-refractivity contribution in [1.29, 1.82) is 0 Å². The second-order valence-electron chi connectivity index (χ2n) is 3.60. The van der Waals surface area contributed by atoms with Gasteiger partial charge in [0.1, 0.15) is 0 Å². The van der Waals surface area contributed by atoms with Crippen LogP contribution >= 0.6 is 23.2 Å². The highest BCUT2D eigenvalue weighted by Crippen LogP contribution is 2.20. The number of hydrogen-bond donors (Lipinski definition) is 2. The molecule has 0 fully saturated rings. The SMILES string of the molecule is O=C(NCCc1ccc(Cl)cc1Cl)c1cn[nH]n1. The Morgan fingerprint density at radius 1 is 1.39 bits per heavy atom. The number of amides is 1. The Kier molecular flexibility index (Phi) is 4.17. The van der Waals surface area contributed by atoms with E-state index in [2.05, 4.69) is 20.7 Å². The zero-order chi connectivity index (χ0) is 13.0. The van der Waals surface area contributed by atoms with Gasteiger partial charge < -0.3 is 5.32 Å². The van der Waals surface area contributed by atoms with Gasteiger partial charge in [0, 0.05) is 16.6 Å². The molecule has 0 aliphatic carbocycles. The Balaban J connectivity index is 1.87. The summed E-state index contributed by atoms with van der Waals surface area (Å²) in [5.41, 5.74) is 1.19. The van der Waals surface area contributed by atoms with Gasteiger partial charge in [-0.15, -0.1) is 0 Å². The molecule has 0 saturated heterocycles. The van der Waals surface area contributed by atoms with Gasteiger partial charge in [0.25, 0.3) is 5.91 Å². The van der Waals surface area contributed by atoms with Crippen LogP contribution in [0.1, 0.15) is 16.1 Å². The average molecular weight is 285 g/mol. The lowest BCUT2D eigenvalue weighted by Crippen LogP contribution is -2.26. The predicted octanol–water partition coefficient (Wildman–Crippen LogP) is 2.08. The van der Waals surface area contributed by atoms with Gasteiger partial charge in [-0.05, 0) is 24.1 Å². The summed E-state index contributed by atoms with van der Waals surface area (Å²) in [5.74, 6) is -0.270. The molecule has 7 heteroatoms. The molecule has 0 radical (unpaired) electrons. The Morgan fingerprint density at radius 2 is 2.22 bits per heavy atom. The fourth-order valence-electron chi connectivity index (χ4n) is 1.44. The molecule has 0 saturated carbocycles. The van der Waals surface area contributed by atoms with Crippen LogP contribution in [0.15, 0.2) is 24.4 Å². The fraction of sp³-hybridized carbons (Fsp3) is 0.182. The number of carbonyl (C=O) groups excluding carboxylic acids is 1. The number of nitrogens with zero attached hydrogens (tertiary/aromatic N) is 2. The summed E-state index contributed by atoms with van der Waals surface area (Å²) in [5, 5.41) is 13.5. The number of hydrogen-bond acceptors (Lipinski definition) is 3.